The van der Waals surface area contributed by atoms with Crippen LogP contribution in [0.4, 0.5) is 0 Å². The highest BCUT2D eigenvalue weighted by Crippen LogP contribution is 2.14. The normalized spacial score (nSPS) is 19.3. The minimum absolute atomic E-state index is 0.329. The van der Waals surface area contributed by atoms with Crippen LogP contribution in [0.2, 0.25) is 0 Å². The zero-order valence-corrected chi connectivity index (χ0v) is 18.0. The predicted octanol–water partition coefficient (Wildman–Crippen LogP) is 2.92. The Bertz CT molecular complexity index is 611. The van der Waals surface area contributed by atoms with Crippen molar-refractivity contribution in [2.75, 3.05) is 45.9 Å². The molecule has 162 valence electrons. The molecule has 0 bridgehead atoms. The summed E-state index contributed by atoms with van der Waals surface area (Å²) in [6.45, 7) is 10.4. The third-order valence-corrected chi connectivity index (χ3v) is 5.58. The highest BCUT2D eigenvalue weighted by molar-refractivity contribution is 5.79. The van der Waals surface area contributed by atoms with E-state index in [1.807, 2.05) is 0 Å². The van der Waals surface area contributed by atoms with Crippen molar-refractivity contribution < 1.29 is 9.47 Å². The number of nitrogens with one attached hydrogen (secondary N) is 2. The molecule has 0 unspecified atom stereocenters. The van der Waals surface area contributed by atoms with Crippen LogP contribution in [0.15, 0.2) is 29.3 Å². The number of nitrogens with zero attached hydrogens (tertiary/aromatic N) is 2. The summed E-state index contributed by atoms with van der Waals surface area (Å²) in [5, 5.41) is 6.84. The summed E-state index contributed by atoms with van der Waals surface area (Å²) in [6.07, 6.45) is 6.38. The van der Waals surface area contributed by atoms with Gasteiger partial charge in [-0.3, -0.25) is 0 Å². The second-order valence-electron chi connectivity index (χ2n) is 7.97. The number of ether oxygens (including phenoxy) is 2. The van der Waals surface area contributed by atoms with Crippen LogP contribution in [0.1, 0.15) is 50.2 Å². The maximum Gasteiger partial charge on any atom is 0.191 e. The molecule has 1 aromatic carbocycles. The van der Waals surface area contributed by atoms with Crippen molar-refractivity contribution in [1.29, 1.82) is 0 Å². The molecule has 6 nitrogen and oxygen atoms in total. The first-order valence-electron chi connectivity index (χ1n) is 11.3. The average molecular weight is 403 g/mol. The number of aliphatic imine (C=N–C) groups is 1. The van der Waals surface area contributed by atoms with E-state index in [2.05, 4.69) is 46.7 Å². The molecule has 2 aliphatic rings. The molecule has 0 aromatic heterocycles. The lowest BCUT2D eigenvalue weighted by Gasteiger charge is -2.26. The first-order chi connectivity index (χ1) is 14.3. The van der Waals surface area contributed by atoms with E-state index in [0.29, 0.717) is 19.3 Å². The Balaban J connectivity index is 1.44. The van der Waals surface area contributed by atoms with Gasteiger partial charge in [-0.1, -0.05) is 30.7 Å². The number of likely N-dealkylation sites (tertiary alicyclic amines) is 1. The number of benzene rings is 1. The lowest BCUT2D eigenvalue weighted by Crippen LogP contribution is -2.42. The monoisotopic (exact) mass is 402 g/mol. The van der Waals surface area contributed by atoms with Gasteiger partial charge in [0.1, 0.15) is 0 Å². The van der Waals surface area contributed by atoms with Crippen LogP contribution in [0, 0.1) is 0 Å². The van der Waals surface area contributed by atoms with Gasteiger partial charge < -0.3 is 25.0 Å². The van der Waals surface area contributed by atoms with Crippen molar-refractivity contribution in [3.05, 3.63) is 35.4 Å². The summed E-state index contributed by atoms with van der Waals surface area (Å²) >= 11 is 0. The molecule has 6 heteroatoms. The molecule has 2 heterocycles. The first kappa shape index (κ1) is 22.1. The molecule has 0 spiro atoms. The van der Waals surface area contributed by atoms with E-state index in [1.165, 1.54) is 43.5 Å². The van der Waals surface area contributed by atoms with Gasteiger partial charge in [0, 0.05) is 32.8 Å². The van der Waals surface area contributed by atoms with Crippen LogP contribution < -0.4 is 10.6 Å². The van der Waals surface area contributed by atoms with E-state index in [0.717, 1.165) is 51.6 Å². The van der Waals surface area contributed by atoms with E-state index in [1.54, 1.807) is 0 Å². The Labute approximate surface area is 176 Å². The first-order valence-corrected chi connectivity index (χ1v) is 11.3. The van der Waals surface area contributed by atoms with Crippen LogP contribution in [0.5, 0.6) is 0 Å². The van der Waals surface area contributed by atoms with E-state index >= 15 is 0 Å². The van der Waals surface area contributed by atoms with Gasteiger partial charge in [-0.05, 0) is 56.8 Å². The summed E-state index contributed by atoms with van der Waals surface area (Å²) < 4.78 is 11.5. The Morgan fingerprint density at radius 1 is 1.14 bits per heavy atom. The predicted molar refractivity (Wildman–Crippen MR) is 118 cm³/mol. The van der Waals surface area contributed by atoms with E-state index in [9.17, 15) is 0 Å². The molecule has 0 saturated carbocycles. The number of piperidine rings is 1. The molecular weight excluding hydrogens is 364 g/mol. The van der Waals surface area contributed by atoms with Gasteiger partial charge in [-0.25, -0.2) is 4.99 Å². The number of guanidine groups is 1. The zero-order valence-electron chi connectivity index (χ0n) is 18.0. The molecule has 3 rings (SSSR count). The average Bonchev–Trinajstić information content (AvgIpc) is 2.78. The highest BCUT2D eigenvalue weighted by Gasteiger charge is 2.14. The molecule has 0 aliphatic carbocycles. The van der Waals surface area contributed by atoms with Gasteiger partial charge >= 0.3 is 0 Å². The smallest absolute Gasteiger partial charge is 0.191 e. The Morgan fingerprint density at radius 3 is 2.72 bits per heavy atom. The van der Waals surface area contributed by atoms with Crippen molar-refractivity contribution in [2.24, 2.45) is 4.99 Å². The molecule has 2 N–H and O–H groups in total. The fourth-order valence-electron chi connectivity index (χ4n) is 3.90. The van der Waals surface area contributed by atoms with Gasteiger partial charge in [0.15, 0.2) is 5.96 Å². The molecule has 2 fully saturated rings. The Morgan fingerprint density at radius 2 is 1.93 bits per heavy atom. The van der Waals surface area contributed by atoms with Crippen molar-refractivity contribution in [2.45, 2.75) is 58.3 Å². The zero-order chi connectivity index (χ0) is 20.2. The van der Waals surface area contributed by atoms with Gasteiger partial charge in [-0.2, -0.15) is 0 Å². The maximum atomic E-state index is 6.05. The lowest BCUT2D eigenvalue weighted by molar-refractivity contribution is -0.0390. The SMILES string of the molecule is CCNC(=NCc1cccc(COC2CCOCC2)c1)NCCN1CCCCC1. The molecule has 1 aromatic rings. The second-order valence-corrected chi connectivity index (χ2v) is 7.97. The molecule has 29 heavy (non-hydrogen) atoms. The van der Waals surface area contributed by atoms with Gasteiger partial charge in [-0.15, -0.1) is 0 Å². The number of rotatable bonds is 9. The van der Waals surface area contributed by atoms with E-state index in [-0.39, 0.29) is 0 Å². The van der Waals surface area contributed by atoms with Crippen molar-refractivity contribution >= 4 is 5.96 Å². The van der Waals surface area contributed by atoms with Crippen molar-refractivity contribution in [1.82, 2.24) is 15.5 Å². The third kappa shape index (κ3) is 8.33. The minimum atomic E-state index is 0.329. The number of hydrogen-bond donors (Lipinski definition) is 2. The molecule has 0 radical (unpaired) electrons. The van der Waals surface area contributed by atoms with Crippen LogP contribution >= 0.6 is 0 Å². The number of hydrogen-bond acceptors (Lipinski definition) is 4. The molecule has 0 atom stereocenters. The summed E-state index contributed by atoms with van der Waals surface area (Å²) in [5.41, 5.74) is 2.43. The van der Waals surface area contributed by atoms with Crippen LogP contribution in [0.3, 0.4) is 0 Å². The second kappa shape index (κ2) is 12.8. The van der Waals surface area contributed by atoms with Crippen molar-refractivity contribution in [3.8, 4) is 0 Å². The summed E-state index contributed by atoms with van der Waals surface area (Å²) in [6, 6.07) is 8.58. The largest absolute Gasteiger partial charge is 0.381 e. The summed E-state index contributed by atoms with van der Waals surface area (Å²) in [7, 11) is 0. The Hall–Kier alpha value is -1.63. The molecular formula is C23H38N4O2. The standard InChI is InChI=1S/C23H38N4O2/c1-2-24-23(25-11-14-27-12-4-3-5-13-27)26-18-20-7-6-8-21(17-20)19-29-22-9-15-28-16-10-22/h6-8,17,22H,2-5,9-16,18-19H2,1H3,(H2,24,25,26). The summed E-state index contributed by atoms with van der Waals surface area (Å²) in [4.78, 5) is 7.32. The van der Waals surface area contributed by atoms with Crippen LogP contribution in [-0.2, 0) is 22.6 Å². The topological polar surface area (TPSA) is 58.1 Å². The minimum Gasteiger partial charge on any atom is -0.381 e. The van der Waals surface area contributed by atoms with Crippen molar-refractivity contribution in [3.63, 3.8) is 0 Å². The molecule has 2 saturated heterocycles. The van der Waals surface area contributed by atoms with E-state index < -0.39 is 0 Å². The quantitative estimate of drug-likeness (QED) is 0.491. The van der Waals surface area contributed by atoms with Gasteiger partial charge in [0.05, 0.1) is 19.3 Å². The highest BCUT2D eigenvalue weighted by atomic mass is 16.5. The lowest BCUT2D eigenvalue weighted by atomic mass is 10.1. The third-order valence-electron chi connectivity index (χ3n) is 5.58. The molecule has 2 aliphatic heterocycles. The fraction of sp³-hybridized carbons (Fsp3) is 0.696. The summed E-state index contributed by atoms with van der Waals surface area (Å²) in [5.74, 6) is 0.897. The Kier molecular flexibility index (Phi) is 9.76. The maximum absolute atomic E-state index is 6.05. The molecule has 0 amide bonds. The van der Waals surface area contributed by atoms with Gasteiger partial charge in [0.25, 0.3) is 0 Å². The van der Waals surface area contributed by atoms with Crippen LogP contribution in [0.25, 0.3) is 0 Å². The van der Waals surface area contributed by atoms with E-state index in [4.69, 9.17) is 14.5 Å². The fourth-order valence-corrected chi connectivity index (χ4v) is 3.90. The van der Waals surface area contributed by atoms with Crippen LogP contribution in [-0.4, -0.2) is 62.9 Å². The van der Waals surface area contributed by atoms with Gasteiger partial charge in [0.2, 0.25) is 0 Å².